The molecule has 1 fully saturated rings. The molecule has 1 N–H and O–H groups in total. The molecule has 104 valence electrons. The number of hydrogen-bond acceptors (Lipinski definition) is 2. The minimum Gasteiger partial charge on any atom is -0.478 e. The molecular weight excluding hydrogens is 238 g/mol. The first-order valence-corrected chi connectivity index (χ1v) is 7.07. The summed E-state index contributed by atoms with van der Waals surface area (Å²) in [4.78, 5) is 13.4. The van der Waals surface area contributed by atoms with Crippen LogP contribution in [0.3, 0.4) is 0 Å². The maximum atomic E-state index is 10.8. The molecule has 0 heterocycles. The Morgan fingerprint density at radius 3 is 2.26 bits per heavy atom. The molecule has 0 bridgehead atoms. The second-order valence-electron chi connectivity index (χ2n) is 5.89. The van der Waals surface area contributed by atoms with Crippen molar-refractivity contribution in [3.63, 3.8) is 0 Å². The molecule has 1 atom stereocenters. The van der Waals surface area contributed by atoms with E-state index in [1.165, 1.54) is 18.4 Å². The largest absolute Gasteiger partial charge is 0.478 e. The topological polar surface area (TPSA) is 40.5 Å². The van der Waals surface area contributed by atoms with E-state index < -0.39 is 5.97 Å². The number of rotatable bonds is 6. The van der Waals surface area contributed by atoms with Gasteiger partial charge in [-0.05, 0) is 43.4 Å². The lowest BCUT2D eigenvalue weighted by Gasteiger charge is -2.32. The fraction of sp³-hybridized carbons (Fsp3) is 0.562. The van der Waals surface area contributed by atoms with Crippen molar-refractivity contribution in [2.45, 2.75) is 52.2 Å². The molecule has 0 saturated heterocycles. The maximum Gasteiger partial charge on any atom is 0.335 e. The summed E-state index contributed by atoms with van der Waals surface area (Å²) in [7, 11) is 0. The smallest absolute Gasteiger partial charge is 0.335 e. The predicted octanol–water partition coefficient (Wildman–Crippen LogP) is 3.39. The number of carboxylic acids is 1. The van der Waals surface area contributed by atoms with Gasteiger partial charge in [0, 0.05) is 18.6 Å². The van der Waals surface area contributed by atoms with Crippen molar-refractivity contribution >= 4 is 5.97 Å². The lowest BCUT2D eigenvalue weighted by Crippen LogP contribution is -2.37. The van der Waals surface area contributed by atoms with Gasteiger partial charge in [0.15, 0.2) is 0 Å². The fourth-order valence-electron chi connectivity index (χ4n) is 2.36. The second-order valence-corrected chi connectivity index (χ2v) is 5.89. The summed E-state index contributed by atoms with van der Waals surface area (Å²) in [6, 6.07) is 8.55. The van der Waals surface area contributed by atoms with Gasteiger partial charge in [0.25, 0.3) is 0 Å². The maximum absolute atomic E-state index is 10.8. The number of aromatic carboxylic acids is 1. The standard InChI is InChI=1S/C16H23NO2/c1-11(2)12(3)17(15-8-9-15)10-13-4-6-14(7-5-13)16(18)19/h4-7,11-12,15H,8-10H2,1-3H3,(H,18,19). The molecule has 1 aliphatic carbocycles. The van der Waals surface area contributed by atoms with Gasteiger partial charge in [-0.2, -0.15) is 0 Å². The van der Waals surface area contributed by atoms with E-state index in [9.17, 15) is 4.79 Å². The van der Waals surface area contributed by atoms with Crippen molar-refractivity contribution in [1.82, 2.24) is 4.90 Å². The summed E-state index contributed by atoms with van der Waals surface area (Å²) in [5.74, 6) is -0.222. The van der Waals surface area contributed by atoms with Gasteiger partial charge in [-0.1, -0.05) is 26.0 Å². The summed E-state index contributed by atoms with van der Waals surface area (Å²) in [6.07, 6.45) is 2.59. The molecular formula is C16H23NO2. The van der Waals surface area contributed by atoms with Crippen LogP contribution in [0.1, 0.15) is 49.5 Å². The average Bonchev–Trinajstić information content (AvgIpc) is 3.19. The van der Waals surface area contributed by atoms with Crippen LogP contribution >= 0.6 is 0 Å². The Morgan fingerprint density at radius 2 is 1.84 bits per heavy atom. The lowest BCUT2D eigenvalue weighted by atomic mass is 10.0. The van der Waals surface area contributed by atoms with Crippen LogP contribution in [-0.2, 0) is 6.54 Å². The molecule has 0 spiro atoms. The normalized spacial score (nSPS) is 16.9. The van der Waals surface area contributed by atoms with Gasteiger partial charge >= 0.3 is 5.97 Å². The monoisotopic (exact) mass is 261 g/mol. The molecule has 2 rings (SSSR count). The summed E-state index contributed by atoms with van der Waals surface area (Å²) in [6.45, 7) is 7.72. The molecule has 1 unspecified atom stereocenters. The zero-order chi connectivity index (χ0) is 14.0. The van der Waals surface area contributed by atoms with E-state index in [1.54, 1.807) is 12.1 Å². The SMILES string of the molecule is CC(C)C(C)N(Cc1ccc(C(=O)O)cc1)C1CC1. The molecule has 0 aliphatic heterocycles. The molecule has 0 aromatic heterocycles. The molecule has 0 amide bonds. The molecule has 1 aromatic carbocycles. The first-order valence-electron chi connectivity index (χ1n) is 7.07. The van der Waals surface area contributed by atoms with Crippen molar-refractivity contribution in [3.05, 3.63) is 35.4 Å². The van der Waals surface area contributed by atoms with Crippen LogP contribution in [0, 0.1) is 5.92 Å². The highest BCUT2D eigenvalue weighted by Crippen LogP contribution is 2.32. The van der Waals surface area contributed by atoms with E-state index in [-0.39, 0.29) is 0 Å². The third kappa shape index (κ3) is 3.57. The lowest BCUT2D eigenvalue weighted by molar-refractivity contribution is 0.0697. The van der Waals surface area contributed by atoms with Crippen LogP contribution in [0.4, 0.5) is 0 Å². The molecule has 19 heavy (non-hydrogen) atoms. The first-order chi connectivity index (χ1) is 8.99. The Hall–Kier alpha value is -1.35. The predicted molar refractivity (Wildman–Crippen MR) is 76.3 cm³/mol. The zero-order valence-electron chi connectivity index (χ0n) is 12.0. The van der Waals surface area contributed by atoms with E-state index in [4.69, 9.17) is 5.11 Å². The highest BCUT2D eigenvalue weighted by atomic mass is 16.4. The molecule has 1 aliphatic rings. The molecule has 1 saturated carbocycles. The zero-order valence-corrected chi connectivity index (χ0v) is 12.0. The molecule has 0 radical (unpaired) electrons. The van der Waals surface area contributed by atoms with Crippen LogP contribution in [0.25, 0.3) is 0 Å². The number of hydrogen-bond donors (Lipinski definition) is 1. The summed E-state index contributed by atoms with van der Waals surface area (Å²) in [5, 5.41) is 8.91. The first kappa shape index (κ1) is 14.1. The summed E-state index contributed by atoms with van der Waals surface area (Å²) < 4.78 is 0. The van der Waals surface area contributed by atoms with Crippen molar-refractivity contribution in [3.8, 4) is 0 Å². The van der Waals surface area contributed by atoms with Crippen LogP contribution < -0.4 is 0 Å². The highest BCUT2D eigenvalue weighted by Gasteiger charge is 2.33. The quantitative estimate of drug-likeness (QED) is 0.853. The summed E-state index contributed by atoms with van der Waals surface area (Å²) in [5.41, 5.74) is 1.56. The van der Waals surface area contributed by atoms with Gasteiger partial charge in [-0.3, -0.25) is 4.90 Å². The van der Waals surface area contributed by atoms with Crippen LogP contribution in [0.15, 0.2) is 24.3 Å². The Labute approximate surface area is 115 Å². The van der Waals surface area contributed by atoms with Gasteiger partial charge in [0.1, 0.15) is 0 Å². The van der Waals surface area contributed by atoms with Crippen molar-refractivity contribution in [1.29, 1.82) is 0 Å². The number of nitrogens with zero attached hydrogens (tertiary/aromatic N) is 1. The van der Waals surface area contributed by atoms with E-state index in [1.807, 2.05) is 12.1 Å². The van der Waals surface area contributed by atoms with E-state index in [0.717, 1.165) is 12.6 Å². The minimum absolute atomic E-state index is 0.360. The summed E-state index contributed by atoms with van der Waals surface area (Å²) >= 11 is 0. The van der Waals surface area contributed by atoms with Crippen LogP contribution in [-0.4, -0.2) is 28.1 Å². The number of benzene rings is 1. The van der Waals surface area contributed by atoms with Crippen LogP contribution in [0.5, 0.6) is 0 Å². The Balaban J connectivity index is 2.06. The van der Waals surface area contributed by atoms with Gasteiger partial charge in [-0.15, -0.1) is 0 Å². The van der Waals surface area contributed by atoms with Gasteiger partial charge in [0.05, 0.1) is 5.56 Å². The van der Waals surface area contributed by atoms with Gasteiger partial charge in [-0.25, -0.2) is 4.79 Å². The van der Waals surface area contributed by atoms with E-state index in [0.29, 0.717) is 17.5 Å². The second kappa shape index (κ2) is 5.74. The Kier molecular flexibility index (Phi) is 4.25. The minimum atomic E-state index is -0.860. The van der Waals surface area contributed by atoms with Crippen LogP contribution in [0.2, 0.25) is 0 Å². The third-order valence-electron chi connectivity index (χ3n) is 4.07. The number of carbonyl (C=O) groups is 1. The molecule has 1 aromatic rings. The number of carboxylic acid groups (broad SMARTS) is 1. The van der Waals surface area contributed by atoms with Gasteiger partial charge in [0.2, 0.25) is 0 Å². The van der Waals surface area contributed by atoms with Crippen molar-refractivity contribution in [2.24, 2.45) is 5.92 Å². The molecule has 3 nitrogen and oxygen atoms in total. The van der Waals surface area contributed by atoms with Crippen molar-refractivity contribution in [2.75, 3.05) is 0 Å². The van der Waals surface area contributed by atoms with E-state index in [2.05, 4.69) is 25.7 Å². The Bertz CT molecular complexity index is 435. The van der Waals surface area contributed by atoms with Gasteiger partial charge < -0.3 is 5.11 Å². The molecule has 3 heteroatoms. The highest BCUT2D eigenvalue weighted by molar-refractivity contribution is 5.87. The third-order valence-corrected chi connectivity index (χ3v) is 4.07. The fourth-order valence-corrected chi connectivity index (χ4v) is 2.36. The van der Waals surface area contributed by atoms with E-state index >= 15 is 0 Å². The van der Waals surface area contributed by atoms with Crippen molar-refractivity contribution < 1.29 is 9.90 Å². The Morgan fingerprint density at radius 1 is 1.26 bits per heavy atom. The average molecular weight is 261 g/mol.